The van der Waals surface area contributed by atoms with Crippen LogP contribution in [0.3, 0.4) is 0 Å². The van der Waals surface area contributed by atoms with E-state index >= 15 is 0 Å². The number of hydrogen-bond donors (Lipinski definition) is 1. The van der Waals surface area contributed by atoms with Crippen LogP contribution in [0, 0.1) is 0 Å². The molecule has 2 aliphatic rings. The Kier molecular flexibility index (Phi) is 6.21. The van der Waals surface area contributed by atoms with E-state index in [4.69, 9.17) is 4.74 Å². The molecule has 0 aliphatic heterocycles. The molecule has 0 bridgehead atoms. The molecule has 0 aromatic rings. The summed E-state index contributed by atoms with van der Waals surface area (Å²) in [6.07, 6.45) is 11.4. The van der Waals surface area contributed by atoms with Gasteiger partial charge in [-0.05, 0) is 51.2 Å². The molecule has 0 saturated heterocycles. The predicted molar refractivity (Wildman–Crippen MR) is 85.1 cm³/mol. The van der Waals surface area contributed by atoms with Crippen LogP contribution >= 0.6 is 11.8 Å². The number of rotatable bonds is 8. The second-order valence-electron chi connectivity index (χ2n) is 6.48. The van der Waals surface area contributed by atoms with Crippen molar-refractivity contribution in [2.75, 3.05) is 12.9 Å². The van der Waals surface area contributed by atoms with E-state index in [-0.39, 0.29) is 5.97 Å². The van der Waals surface area contributed by atoms with E-state index in [1.807, 2.05) is 6.92 Å². The van der Waals surface area contributed by atoms with Crippen molar-refractivity contribution in [2.24, 2.45) is 0 Å². The summed E-state index contributed by atoms with van der Waals surface area (Å²) in [6, 6.07) is 0.532. The molecule has 0 aromatic carbocycles. The van der Waals surface area contributed by atoms with Gasteiger partial charge in [-0.1, -0.05) is 19.3 Å². The molecule has 0 aromatic heterocycles. The maximum Gasteiger partial charge on any atom is 0.325 e. The maximum atomic E-state index is 12.0. The summed E-state index contributed by atoms with van der Waals surface area (Å²) in [5.74, 6) is 1.07. The van der Waals surface area contributed by atoms with Crippen LogP contribution in [0.1, 0.15) is 64.7 Å². The van der Waals surface area contributed by atoms with Crippen LogP contribution in [-0.4, -0.2) is 35.7 Å². The zero-order valence-corrected chi connectivity index (χ0v) is 13.8. The molecule has 0 amide bonds. The second-order valence-corrected chi connectivity index (χ2v) is 7.88. The van der Waals surface area contributed by atoms with E-state index in [1.165, 1.54) is 57.8 Å². The third-order valence-electron chi connectivity index (χ3n) is 4.46. The molecule has 0 radical (unpaired) electrons. The number of methoxy groups -OCH3 is 1. The smallest absolute Gasteiger partial charge is 0.325 e. The Morgan fingerprint density at radius 1 is 1.25 bits per heavy atom. The Bertz CT molecular complexity index is 314. The molecular weight excluding hydrogens is 270 g/mol. The van der Waals surface area contributed by atoms with E-state index in [0.29, 0.717) is 6.04 Å². The van der Waals surface area contributed by atoms with Gasteiger partial charge >= 0.3 is 5.97 Å². The minimum absolute atomic E-state index is 0.105. The molecule has 1 atom stereocenters. The molecule has 1 N–H and O–H groups in total. The standard InChI is InChI=1S/C16H29NO2S/c1-16(15(18)19-2,17-13-9-10-13)11-6-12-20-14-7-4-3-5-8-14/h13-14,17H,3-12H2,1-2H3. The number of carbonyl (C=O) groups is 1. The predicted octanol–water partition coefficient (Wildman–Crippen LogP) is 3.52. The molecule has 1 unspecified atom stereocenters. The van der Waals surface area contributed by atoms with Crippen molar-refractivity contribution in [1.29, 1.82) is 0 Å². The van der Waals surface area contributed by atoms with Gasteiger partial charge in [-0.15, -0.1) is 0 Å². The highest BCUT2D eigenvalue weighted by atomic mass is 32.2. The Morgan fingerprint density at radius 3 is 2.55 bits per heavy atom. The molecule has 0 spiro atoms. The Hall–Kier alpha value is -0.220. The highest BCUT2D eigenvalue weighted by molar-refractivity contribution is 7.99. The maximum absolute atomic E-state index is 12.0. The fraction of sp³-hybridized carbons (Fsp3) is 0.938. The normalized spacial score (nSPS) is 23.3. The van der Waals surface area contributed by atoms with Crippen molar-refractivity contribution in [1.82, 2.24) is 5.32 Å². The number of carbonyl (C=O) groups excluding carboxylic acids is 1. The monoisotopic (exact) mass is 299 g/mol. The molecule has 2 aliphatic carbocycles. The first-order valence-electron chi connectivity index (χ1n) is 8.12. The average molecular weight is 299 g/mol. The lowest BCUT2D eigenvalue weighted by atomic mass is 9.96. The fourth-order valence-corrected chi connectivity index (χ4v) is 4.36. The van der Waals surface area contributed by atoms with Gasteiger partial charge in [0, 0.05) is 11.3 Å². The number of ether oxygens (including phenoxy) is 1. The van der Waals surface area contributed by atoms with E-state index in [9.17, 15) is 4.79 Å². The zero-order chi connectivity index (χ0) is 14.4. The minimum atomic E-state index is -0.483. The molecule has 116 valence electrons. The van der Waals surface area contributed by atoms with Crippen LogP contribution in [0.4, 0.5) is 0 Å². The summed E-state index contributed by atoms with van der Waals surface area (Å²) in [7, 11) is 1.49. The van der Waals surface area contributed by atoms with Crippen LogP contribution in [0.15, 0.2) is 0 Å². The molecule has 2 fully saturated rings. The largest absolute Gasteiger partial charge is 0.468 e. The van der Waals surface area contributed by atoms with Gasteiger partial charge in [-0.25, -0.2) is 0 Å². The van der Waals surface area contributed by atoms with Gasteiger partial charge in [0.05, 0.1) is 7.11 Å². The minimum Gasteiger partial charge on any atom is -0.468 e. The third-order valence-corrected chi connectivity index (χ3v) is 5.93. The summed E-state index contributed by atoms with van der Waals surface area (Å²) in [5, 5.41) is 4.34. The third kappa shape index (κ3) is 4.96. The molecule has 2 saturated carbocycles. The summed E-state index contributed by atoms with van der Waals surface area (Å²) >= 11 is 2.11. The van der Waals surface area contributed by atoms with Gasteiger partial charge < -0.3 is 4.74 Å². The first-order valence-corrected chi connectivity index (χ1v) is 9.16. The van der Waals surface area contributed by atoms with E-state index in [0.717, 1.165) is 18.1 Å². The van der Waals surface area contributed by atoms with Crippen molar-refractivity contribution < 1.29 is 9.53 Å². The Labute approximate surface area is 127 Å². The van der Waals surface area contributed by atoms with Gasteiger partial charge in [0.2, 0.25) is 0 Å². The lowest BCUT2D eigenvalue weighted by Crippen LogP contribution is -2.51. The van der Waals surface area contributed by atoms with Crippen LogP contribution in [-0.2, 0) is 9.53 Å². The highest BCUT2D eigenvalue weighted by Crippen LogP contribution is 2.30. The molecular formula is C16H29NO2S. The summed E-state index contributed by atoms with van der Waals surface area (Å²) < 4.78 is 4.98. The van der Waals surface area contributed by atoms with Crippen LogP contribution in [0.2, 0.25) is 0 Å². The zero-order valence-electron chi connectivity index (χ0n) is 13.0. The van der Waals surface area contributed by atoms with Gasteiger partial charge in [0.1, 0.15) is 5.54 Å². The highest BCUT2D eigenvalue weighted by Gasteiger charge is 2.38. The van der Waals surface area contributed by atoms with E-state index in [1.54, 1.807) is 0 Å². The quantitative estimate of drug-likeness (QED) is 0.550. The number of hydrogen-bond acceptors (Lipinski definition) is 4. The molecule has 0 heterocycles. The molecule has 3 nitrogen and oxygen atoms in total. The Morgan fingerprint density at radius 2 is 1.95 bits per heavy atom. The average Bonchev–Trinajstić information content (AvgIpc) is 3.27. The SMILES string of the molecule is COC(=O)C(C)(CCCSC1CCCCC1)NC1CC1. The topological polar surface area (TPSA) is 38.3 Å². The summed E-state index contributed by atoms with van der Waals surface area (Å²) in [6.45, 7) is 2.00. The number of esters is 1. The fourth-order valence-electron chi connectivity index (χ4n) is 3.04. The number of thioether (sulfide) groups is 1. The summed E-state index contributed by atoms with van der Waals surface area (Å²) in [5.41, 5.74) is -0.483. The second kappa shape index (κ2) is 7.69. The van der Waals surface area contributed by atoms with Gasteiger partial charge in [-0.2, -0.15) is 11.8 Å². The first-order chi connectivity index (χ1) is 9.64. The molecule has 2 rings (SSSR count). The van der Waals surface area contributed by atoms with Gasteiger partial charge in [0.15, 0.2) is 0 Å². The Balaban J connectivity index is 1.69. The lowest BCUT2D eigenvalue weighted by molar-refractivity contribution is -0.148. The first kappa shape index (κ1) is 16.2. The lowest BCUT2D eigenvalue weighted by Gasteiger charge is -2.28. The van der Waals surface area contributed by atoms with Gasteiger partial charge in [0.25, 0.3) is 0 Å². The van der Waals surface area contributed by atoms with Crippen molar-refractivity contribution in [3.63, 3.8) is 0 Å². The van der Waals surface area contributed by atoms with Crippen LogP contribution in [0.25, 0.3) is 0 Å². The molecule has 4 heteroatoms. The van der Waals surface area contributed by atoms with E-state index in [2.05, 4.69) is 17.1 Å². The molecule has 20 heavy (non-hydrogen) atoms. The van der Waals surface area contributed by atoms with Gasteiger partial charge in [-0.3, -0.25) is 10.1 Å². The van der Waals surface area contributed by atoms with Crippen LogP contribution < -0.4 is 5.32 Å². The van der Waals surface area contributed by atoms with Crippen molar-refractivity contribution in [3.05, 3.63) is 0 Å². The summed E-state index contributed by atoms with van der Waals surface area (Å²) in [4.78, 5) is 12.0. The van der Waals surface area contributed by atoms with Crippen molar-refractivity contribution >= 4 is 17.7 Å². The van der Waals surface area contributed by atoms with E-state index < -0.39 is 5.54 Å². The van der Waals surface area contributed by atoms with Crippen LogP contribution in [0.5, 0.6) is 0 Å². The van der Waals surface area contributed by atoms with Crippen molar-refractivity contribution in [2.45, 2.75) is 81.5 Å². The number of nitrogens with one attached hydrogen (secondary N) is 1. The van der Waals surface area contributed by atoms with Crippen molar-refractivity contribution in [3.8, 4) is 0 Å².